The van der Waals surface area contributed by atoms with Gasteiger partial charge >= 0.3 is 0 Å². The molecule has 2 aromatic heterocycles. The van der Waals surface area contributed by atoms with Crippen molar-refractivity contribution in [2.75, 3.05) is 12.3 Å². The lowest BCUT2D eigenvalue weighted by molar-refractivity contribution is 0.0912. The third-order valence-electron chi connectivity index (χ3n) is 5.47. The first-order valence-corrected chi connectivity index (χ1v) is 11.0. The Labute approximate surface area is 201 Å². The molecule has 0 radical (unpaired) electrons. The third-order valence-corrected chi connectivity index (χ3v) is 5.71. The van der Waals surface area contributed by atoms with Gasteiger partial charge in [0.25, 0.3) is 5.91 Å². The number of nitrogens with zero attached hydrogens (tertiary/aromatic N) is 3. The second-order valence-corrected chi connectivity index (χ2v) is 8.14. The Bertz CT molecular complexity index is 1340. The number of carbonyl (C=O) groups excluding carboxylic acids is 1. The smallest absolute Gasteiger partial charge is 0.254 e. The van der Waals surface area contributed by atoms with Crippen LogP contribution in [0.1, 0.15) is 28.9 Å². The molecule has 0 aliphatic heterocycles. The average Bonchev–Trinajstić information content (AvgIpc) is 3.32. The van der Waals surface area contributed by atoms with Crippen molar-refractivity contribution in [2.45, 2.75) is 19.5 Å². The molecule has 174 valence electrons. The molecule has 1 atom stereocenters. The van der Waals surface area contributed by atoms with Crippen LogP contribution in [0.2, 0.25) is 5.02 Å². The van der Waals surface area contributed by atoms with Gasteiger partial charge in [-0.3, -0.25) is 9.48 Å². The monoisotopic (exact) mass is 479 g/mol. The van der Waals surface area contributed by atoms with Gasteiger partial charge in [-0.05, 0) is 48.4 Å². The fourth-order valence-corrected chi connectivity index (χ4v) is 3.81. The van der Waals surface area contributed by atoms with E-state index in [2.05, 4.69) is 15.4 Å². The maximum absolute atomic E-state index is 15.0. The number of aromatic nitrogens is 3. The zero-order chi connectivity index (χ0) is 24.2. The van der Waals surface area contributed by atoms with Crippen molar-refractivity contribution >= 4 is 23.3 Å². The molecule has 0 bridgehead atoms. The van der Waals surface area contributed by atoms with Gasteiger partial charge in [-0.2, -0.15) is 5.10 Å². The molecule has 4 aromatic rings. The first kappa shape index (κ1) is 23.4. The van der Waals surface area contributed by atoms with Crippen LogP contribution in [0.4, 0.5) is 10.2 Å². The SMILES string of the molecule is CCn1cc(-c2cnc(N)c(-c3ccc(C(=O)NC(CO)c4cccc(Cl)c4)c(F)c3)c2)cn1. The molecule has 34 heavy (non-hydrogen) atoms. The Hall–Kier alpha value is -3.75. The second-order valence-electron chi connectivity index (χ2n) is 7.70. The fraction of sp³-hybridized carbons (Fsp3) is 0.160. The van der Waals surface area contributed by atoms with E-state index in [-0.39, 0.29) is 18.0 Å². The van der Waals surface area contributed by atoms with E-state index < -0.39 is 17.8 Å². The van der Waals surface area contributed by atoms with E-state index in [1.807, 2.05) is 19.2 Å². The first-order chi connectivity index (χ1) is 16.4. The topological polar surface area (TPSA) is 106 Å². The normalized spacial score (nSPS) is 11.9. The van der Waals surface area contributed by atoms with Gasteiger partial charge in [-0.15, -0.1) is 0 Å². The summed E-state index contributed by atoms with van der Waals surface area (Å²) in [5, 5.41) is 17.1. The minimum atomic E-state index is -0.731. The lowest BCUT2D eigenvalue weighted by Crippen LogP contribution is -2.31. The standard InChI is InChI=1S/C25H23ClFN5O2/c1-2-32-13-18(12-30-32)17-9-21(24(28)29-11-17)15-6-7-20(22(27)10-15)25(34)31-23(14-33)16-4-3-5-19(26)8-16/h3-13,23,33H,2,14H2,1H3,(H2,28,29)(H,31,34). The molecular formula is C25H23ClFN5O2. The van der Waals surface area contributed by atoms with Crippen LogP contribution in [0, 0.1) is 5.82 Å². The van der Waals surface area contributed by atoms with Crippen molar-refractivity contribution in [3.63, 3.8) is 0 Å². The number of aliphatic hydroxyl groups is 1. The molecule has 0 fully saturated rings. The number of nitrogens with one attached hydrogen (secondary N) is 1. The summed E-state index contributed by atoms with van der Waals surface area (Å²) in [7, 11) is 0. The zero-order valence-electron chi connectivity index (χ0n) is 18.4. The van der Waals surface area contributed by atoms with Gasteiger partial charge in [0.1, 0.15) is 11.6 Å². The molecule has 0 saturated carbocycles. The molecule has 0 saturated heterocycles. The maximum Gasteiger partial charge on any atom is 0.254 e. The predicted octanol–water partition coefficient (Wildman–Crippen LogP) is 4.47. The quantitative estimate of drug-likeness (QED) is 0.362. The highest BCUT2D eigenvalue weighted by molar-refractivity contribution is 6.30. The molecule has 9 heteroatoms. The van der Waals surface area contributed by atoms with Crippen molar-refractivity contribution in [1.29, 1.82) is 0 Å². The van der Waals surface area contributed by atoms with Gasteiger partial charge in [0.05, 0.1) is 24.4 Å². The Kier molecular flexibility index (Phi) is 6.90. The lowest BCUT2D eigenvalue weighted by atomic mass is 10.0. The van der Waals surface area contributed by atoms with Crippen LogP contribution in [0.25, 0.3) is 22.3 Å². The van der Waals surface area contributed by atoms with Crippen LogP contribution in [0.15, 0.2) is 67.1 Å². The number of hydrogen-bond donors (Lipinski definition) is 3. The molecule has 1 amide bonds. The number of benzene rings is 2. The van der Waals surface area contributed by atoms with Crippen molar-refractivity contribution in [3.8, 4) is 22.3 Å². The van der Waals surface area contributed by atoms with Crippen LogP contribution in [-0.2, 0) is 6.54 Å². The number of nitrogen functional groups attached to an aromatic ring is 1. The highest BCUT2D eigenvalue weighted by atomic mass is 35.5. The Balaban J connectivity index is 1.59. The van der Waals surface area contributed by atoms with E-state index in [4.69, 9.17) is 17.3 Å². The Morgan fingerprint density at radius 2 is 2.00 bits per heavy atom. The van der Waals surface area contributed by atoms with E-state index in [9.17, 15) is 14.3 Å². The molecule has 2 heterocycles. The number of aryl methyl sites for hydroxylation is 1. The number of pyridine rings is 1. The Morgan fingerprint density at radius 1 is 1.18 bits per heavy atom. The zero-order valence-corrected chi connectivity index (χ0v) is 19.1. The summed E-state index contributed by atoms with van der Waals surface area (Å²) in [5.74, 6) is -1.14. The molecule has 4 rings (SSSR count). The highest BCUT2D eigenvalue weighted by Crippen LogP contribution is 2.30. The van der Waals surface area contributed by atoms with Gasteiger partial charge in [-0.25, -0.2) is 9.37 Å². The van der Waals surface area contributed by atoms with Gasteiger partial charge in [0, 0.05) is 40.7 Å². The number of halogens is 2. The van der Waals surface area contributed by atoms with E-state index in [1.54, 1.807) is 47.4 Å². The summed E-state index contributed by atoms with van der Waals surface area (Å²) >= 11 is 6.00. The second kappa shape index (κ2) is 10.0. The number of aliphatic hydroxyl groups excluding tert-OH is 1. The predicted molar refractivity (Wildman–Crippen MR) is 130 cm³/mol. The largest absolute Gasteiger partial charge is 0.394 e. The van der Waals surface area contributed by atoms with Crippen molar-refractivity contribution in [1.82, 2.24) is 20.1 Å². The van der Waals surface area contributed by atoms with Gasteiger partial charge < -0.3 is 16.2 Å². The van der Waals surface area contributed by atoms with Gasteiger partial charge in [0.2, 0.25) is 0 Å². The summed E-state index contributed by atoms with van der Waals surface area (Å²) in [6, 6.07) is 12.1. The number of amides is 1. The first-order valence-electron chi connectivity index (χ1n) is 10.6. The van der Waals surface area contributed by atoms with Gasteiger partial charge in [-0.1, -0.05) is 29.8 Å². The number of rotatable bonds is 7. The molecule has 1 unspecified atom stereocenters. The summed E-state index contributed by atoms with van der Waals surface area (Å²) < 4.78 is 16.8. The molecule has 0 aliphatic rings. The van der Waals surface area contributed by atoms with Crippen molar-refractivity contribution in [2.24, 2.45) is 0 Å². The van der Waals surface area contributed by atoms with Crippen molar-refractivity contribution in [3.05, 3.63) is 89.1 Å². The van der Waals surface area contributed by atoms with E-state index in [0.717, 1.165) is 17.7 Å². The van der Waals surface area contributed by atoms with E-state index in [0.29, 0.717) is 21.7 Å². The molecule has 4 N–H and O–H groups in total. The Morgan fingerprint density at radius 3 is 2.68 bits per heavy atom. The van der Waals surface area contributed by atoms with Crippen LogP contribution in [0.5, 0.6) is 0 Å². The van der Waals surface area contributed by atoms with Crippen LogP contribution in [0.3, 0.4) is 0 Å². The summed E-state index contributed by atoms with van der Waals surface area (Å²) in [6.45, 7) is 2.36. The van der Waals surface area contributed by atoms with Gasteiger partial charge in [0.15, 0.2) is 0 Å². The number of carbonyl (C=O) groups is 1. The molecule has 2 aromatic carbocycles. The minimum absolute atomic E-state index is 0.156. The molecule has 7 nitrogen and oxygen atoms in total. The summed E-state index contributed by atoms with van der Waals surface area (Å²) in [6.07, 6.45) is 5.26. The molecule has 0 spiro atoms. The van der Waals surface area contributed by atoms with Crippen LogP contribution < -0.4 is 11.1 Å². The third kappa shape index (κ3) is 4.93. The van der Waals surface area contributed by atoms with Crippen LogP contribution in [-0.4, -0.2) is 32.4 Å². The molecular weight excluding hydrogens is 457 g/mol. The van der Waals surface area contributed by atoms with E-state index in [1.165, 1.54) is 12.1 Å². The number of anilines is 1. The minimum Gasteiger partial charge on any atom is -0.394 e. The maximum atomic E-state index is 15.0. The number of hydrogen-bond acceptors (Lipinski definition) is 5. The van der Waals surface area contributed by atoms with Crippen molar-refractivity contribution < 1.29 is 14.3 Å². The highest BCUT2D eigenvalue weighted by Gasteiger charge is 2.19. The number of nitrogens with two attached hydrogens (primary N) is 1. The summed E-state index contributed by atoms with van der Waals surface area (Å²) in [4.78, 5) is 17.0. The molecule has 0 aliphatic carbocycles. The fourth-order valence-electron chi connectivity index (χ4n) is 3.61. The van der Waals surface area contributed by atoms with E-state index >= 15 is 0 Å². The average molecular weight is 480 g/mol. The summed E-state index contributed by atoms with van der Waals surface area (Å²) in [5.41, 5.74) is 9.20. The lowest BCUT2D eigenvalue weighted by Gasteiger charge is -2.17. The van der Waals surface area contributed by atoms with Crippen LogP contribution >= 0.6 is 11.6 Å².